The minimum Gasteiger partial charge on any atom is -0.492 e. The summed E-state index contributed by atoms with van der Waals surface area (Å²) in [6.45, 7) is 16.0. The molecule has 5 aromatic rings. The van der Waals surface area contributed by atoms with E-state index in [1.165, 1.54) is 167 Å². The van der Waals surface area contributed by atoms with Gasteiger partial charge in [-0.2, -0.15) is 0 Å². The van der Waals surface area contributed by atoms with Gasteiger partial charge in [-0.3, -0.25) is 0 Å². The molecule has 8 bridgehead atoms. The van der Waals surface area contributed by atoms with E-state index in [0.717, 1.165) is 158 Å². The monoisotopic (exact) mass is 1430 g/mol. The minimum atomic E-state index is 0.600. The van der Waals surface area contributed by atoms with Crippen molar-refractivity contribution in [1.29, 1.82) is 0 Å². The van der Waals surface area contributed by atoms with Crippen LogP contribution in [0.15, 0.2) is 54.3 Å². The Labute approximate surface area is 551 Å². The number of halogens is 4. The van der Waals surface area contributed by atoms with E-state index in [9.17, 15) is 0 Å². The fraction of sp³-hybridized carbons (Fsp3) is 0.568. The Morgan fingerprint density at radius 1 is 0.314 bits per heavy atom. The summed E-state index contributed by atoms with van der Waals surface area (Å²) >= 11 is 16.3. The number of hydrogen-bond acceptors (Lipinski definition) is 6. The van der Waals surface area contributed by atoms with Crippen molar-refractivity contribution in [3.63, 3.8) is 0 Å². The number of nitrogens with zero attached hydrogens (tertiary/aromatic N) is 2. The maximum Gasteiger partial charge on any atom is 0.145 e. The van der Waals surface area contributed by atoms with Crippen molar-refractivity contribution in [1.82, 2.24) is 19.9 Å². The first-order chi connectivity index (χ1) is 42.1. The van der Waals surface area contributed by atoms with E-state index in [2.05, 4.69) is 176 Å². The number of fused-ring (bicyclic) bond motifs is 8. The third kappa shape index (κ3) is 20.6. The van der Waals surface area contributed by atoms with Gasteiger partial charge in [0.1, 0.15) is 31.9 Å². The molecular weight excluding hydrogens is 1330 g/mol. The number of aromatic amines is 2. The summed E-state index contributed by atoms with van der Waals surface area (Å²) in [7, 11) is 0. The molecule has 470 valence electrons. The summed E-state index contributed by atoms with van der Waals surface area (Å²) in [5, 5.41) is 0. The van der Waals surface area contributed by atoms with E-state index in [-0.39, 0.29) is 0 Å². The Balaban J connectivity index is 1.30. The van der Waals surface area contributed by atoms with E-state index in [1.54, 1.807) is 0 Å². The zero-order valence-corrected chi connectivity index (χ0v) is 59.6. The van der Waals surface area contributed by atoms with E-state index in [4.69, 9.17) is 28.9 Å². The van der Waals surface area contributed by atoms with Gasteiger partial charge in [0.2, 0.25) is 0 Å². The van der Waals surface area contributed by atoms with Crippen LogP contribution in [0.2, 0.25) is 0 Å². The van der Waals surface area contributed by atoms with Crippen LogP contribution in [0.3, 0.4) is 0 Å². The number of rotatable bonds is 42. The summed E-state index contributed by atoms with van der Waals surface area (Å²) in [6, 6.07) is 12.9. The van der Waals surface area contributed by atoms with Crippen molar-refractivity contribution in [3.05, 3.63) is 88.2 Å². The van der Waals surface area contributed by atoms with Crippen molar-refractivity contribution in [2.75, 3.05) is 26.4 Å². The van der Waals surface area contributed by atoms with Crippen LogP contribution < -0.4 is 18.9 Å². The average molecular weight is 1430 g/mol. The highest BCUT2D eigenvalue weighted by molar-refractivity contribution is 9.11. The van der Waals surface area contributed by atoms with Gasteiger partial charge in [0.15, 0.2) is 0 Å². The lowest BCUT2D eigenvalue weighted by atomic mass is 9.97. The largest absolute Gasteiger partial charge is 0.492 e. The second-order valence-electron chi connectivity index (χ2n) is 24.1. The molecule has 86 heavy (non-hydrogen) atoms. The summed E-state index contributed by atoms with van der Waals surface area (Å²) in [5.74, 6) is 3.18. The van der Waals surface area contributed by atoms with Crippen LogP contribution in [-0.4, -0.2) is 46.4 Å². The van der Waals surface area contributed by atoms with Gasteiger partial charge in [-0.05, 0) is 175 Å². The van der Waals surface area contributed by atoms with Gasteiger partial charge >= 0.3 is 0 Å². The Bertz CT molecular complexity index is 2920. The number of aromatic nitrogens is 4. The molecule has 0 atom stereocenters. The normalized spacial score (nSPS) is 12.0. The molecule has 0 saturated heterocycles. The van der Waals surface area contributed by atoms with Gasteiger partial charge in [-0.1, -0.05) is 207 Å². The molecule has 2 aromatic carbocycles. The quantitative estimate of drug-likeness (QED) is 0.0370. The van der Waals surface area contributed by atoms with E-state index < -0.39 is 0 Å². The van der Waals surface area contributed by atoms with Gasteiger partial charge in [-0.25, -0.2) is 9.97 Å². The van der Waals surface area contributed by atoms with Crippen LogP contribution in [0.5, 0.6) is 23.0 Å². The third-order valence-corrected chi connectivity index (χ3v) is 20.1. The lowest BCUT2D eigenvalue weighted by molar-refractivity contribution is 0.286. The van der Waals surface area contributed by atoms with Crippen LogP contribution in [0.1, 0.15) is 267 Å². The number of unbranched alkanes of at least 4 members (excludes halogenated alkanes) is 28. The number of aryl methyl sites for hydroxylation is 2. The SMILES string of the molecule is CCCCCCCCCCOc1cc(C)c(-c2c3nc(c(Br)c4ccc([nH]4)c(-c4c(C)cc(OCCCCCCCCCC)c(Br)c4OCCCCCCCCCC)c4nc(c(Br)c5ccc2[nH]5)C=C4)C=C3)c(OCCCCCCCCCC)c1Br. The smallest absolute Gasteiger partial charge is 0.145 e. The number of ether oxygens (including phenoxy) is 4. The lowest BCUT2D eigenvalue weighted by Crippen LogP contribution is -2.05. The van der Waals surface area contributed by atoms with E-state index in [0.29, 0.717) is 26.4 Å². The number of H-pyrrole nitrogens is 2. The molecule has 0 aliphatic carbocycles. The maximum atomic E-state index is 7.01. The summed E-state index contributed by atoms with van der Waals surface area (Å²) in [5.41, 5.74) is 12.8. The Morgan fingerprint density at radius 3 is 0.895 bits per heavy atom. The average Bonchev–Trinajstić information content (AvgIpc) is 1.69. The molecule has 0 unspecified atom stereocenters. The molecule has 2 aliphatic rings. The van der Waals surface area contributed by atoms with Gasteiger partial charge in [-0.15, -0.1) is 0 Å². The molecule has 5 heterocycles. The van der Waals surface area contributed by atoms with Crippen LogP contribution in [-0.2, 0) is 0 Å². The molecule has 3 aromatic heterocycles. The zero-order chi connectivity index (χ0) is 60.9. The molecular formula is C74H102Br4N4O4. The highest BCUT2D eigenvalue weighted by Gasteiger charge is 2.26. The fourth-order valence-electron chi connectivity index (χ4n) is 11.9. The topological polar surface area (TPSA) is 94.3 Å². The van der Waals surface area contributed by atoms with Crippen LogP contribution >= 0.6 is 63.7 Å². The predicted molar refractivity (Wildman–Crippen MR) is 382 cm³/mol. The zero-order valence-electron chi connectivity index (χ0n) is 53.3. The van der Waals surface area contributed by atoms with Crippen molar-refractivity contribution in [2.45, 2.75) is 247 Å². The predicted octanol–water partition coefficient (Wildman–Crippen LogP) is 25.7. The first-order valence-corrected chi connectivity index (χ1v) is 36.9. The molecule has 0 spiro atoms. The maximum absolute atomic E-state index is 7.01. The van der Waals surface area contributed by atoms with Crippen LogP contribution in [0, 0.1) is 13.8 Å². The molecule has 2 aliphatic heterocycles. The highest BCUT2D eigenvalue weighted by atomic mass is 79.9. The van der Waals surface area contributed by atoms with Crippen molar-refractivity contribution in [3.8, 4) is 45.3 Å². The molecule has 8 nitrogen and oxygen atoms in total. The molecule has 0 saturated carbocycles. The van der Waals surface area contributed by atoms with Gasteiger partial charge < -0.3 is 28.9 Å². The highest BCUT2D eigenvalue weighted by Crippen LogP contribution is 2.50. The summed E-state index contributed by atoms with van der Waals surface area (Å²) in [4.78, 5) is 18.7. The second-order valence-corrected chi connectivity index (χ2v) is 27.3. The Hall–Kier alpha value is -3.84. The lowest BCUT2D eigenvalue weighted by Gasteiger charge is -2.20. The van der Waals surface area contributed by atoms with Crippen molar-refractivity contribution < 1.29 is 18.9 Å². The van der Waals surface area contributed by atoms with E-state index in [1.807, 2.05) is 0 Å². The molecule has 2 N–H and O–H groups in total. The van der Waals surface area contributed by atoms with Crippen LogP contribution in [0.25, 0.3) is 68.6 Å². The second kappa shape index (κ2) is 38.6. The number of nitrogens with one attached hydrogen (secondary N) is 2. The molecule has 12 heteroatoms. The first kappa shape index (κ1) is 69.6. The van der Waals surface area contributed by atoms with Gasteiger partial charge in [0.25, 0.3) is 0 Å². The molecule has 7 rings (SSSR count). The van der Waals surface area contributed by atoms with Crippen LogP contribution in [0.4, 0.5) is 0 Å². The van der Waals surface area contributed by atoms with Crippen molar-refractivity contribution in [2.24, 2.45) is 0 Å². The minimum absolute atomic E-state index is 0.600. The number of benzene rings is 2. The molecule has 0 radical (unpaired) electrons. The Kier molecular flexibility index (Phi) is 31.3. The van der Waals surface area contributed by atoms with E-state index >= 15 is 0 Å². The fourth-order valence-corrected chi connectivity index (χ4v) is 13.9. The van der Waals surface area contributed by atoms with Crippen molar-refractivity contribution >= 4 is 110 Å². The molecule has 0 fully saturated rings. The summed E-state index contributed by atoms with van der Waals surface area (Å²) in [6.07, 6.45) is 48.1. The first-order valence-electron chi connectivity index (χ1n) is 33.7. The number of hydrogen-bond donors (Lipinski definition) is 2. The standard InChI is InChI=1S/C74H102Br4N4O4/c1-7-11-15-19-23-27-31-35-47-83-63-51-53(5)65(73(71(63)77)85-49-37-33-29-25-21-17-13-9-3)67-55-39-43-59(79-55)69(75)61-45-41-57(81-61)68(58-42-46-62(82-58)70(76)60-44-40-56(67)80-60)66-54(6)52-64(84-48-36-32-28-24-20-16-12-8-2)72(78)74(66)86-50-38-34-30-26-22-18-14-10-4/h39-46,51-52,79,82H,7-38,47-50H2,1-6H3. The Morgan fingerprint density at radius 2 is 0.581 bits per heavy atom. The van der Waals surface area contributed by atoms with Gasteiger partial charge in [0.05, 0.1) is 69.2 Å². The summed E-state index contributed by atoms with van der Waals surface area (Å²) < 4.78 is 30.7. The van der Waals surface area contributed by atoms with Gasteiger partial charge in [0, 0.05) is 33.3 Å². The molecule has 0 amide bonds. The third-order valence-electron chi connectivity index (χ3n) is 16.9.